The summed E-state index contributed by atoms with van der Waals surface area (Å²) in [7, 11) is 0. The molecule has 1 heterocycles. The van der Waals surface area contributed by atoms with E-state index in [2.05, 4.69) is 26.6 Å². The molecule has 7 N–H and O–H groups in total. The van der Waals surface area contributed by atoms with Crippen LogP contribution in [0.5, 0.6) is 0 Å². The van der Waals surface area contributed by atoms with Crippen molar-refractivity contribution in [3.63, 3.8) is 0 Å². The Morgan fingerprint density at radius 3 is 1.26 bits per heavy atom. The summed E-state index contributed by atoms with van der Waals surface area (Å²) in [5.41, 5.74) is 0. The minimum Gasteiger partial charge on any atom is -0.396 e. The van der Waals surface area contributed by atoms with Crippen molar-refractivity contribution in [1.29, 1.82) is 0 Å². The smallest absolute Gasteiger partial charge is 0.0431 e. The van der Waals surface area contributed by atoms with Crippen molar-refractivity contribution in [2.75, 3.05) is 65.6 Å². The quantitative estimate of drug-likeness (QED) is 0.309. The maximum absolute atomic E-state index is 9.15. The van der Waals surface area contributed by atoms with Gasteiger partial charge < -0.3 is 36.8 Å². The Morgan fingerprint density at radius 1 is 0.565 bits per heavy atom. The van der Waals surface area contributed by atoms with Gasteiger partial charge in [-0.1, -0.05) is 0 Å². The van der Waals surface area contributed by atoms with Gasteiger partial charge in [0.2, 0.25) is 0 Å². The lowest BCUT2D eigenvalue weighted by atomic mass is 9.98. The van der Waals surface area contributed by atoms with E-state index >= 15 is 0 Å². The highest BCUT2D eigenvalue weighted by atomic mass is 16.3. The summed E-state index contributed by atoms with van der Waals surface area (Å²) in [6, 6.07) is 0.664. The number of hydrogen-bond donors (Lipinski definition) is 7. The molecule has 0 bridgehead atoms. The molecule has 0 unspecified atom stereocenters. The minimum absolute atomic E-state index is 0.233. The summed E-state index contributed by atoms with van der Waals surface area (Å²) in [6.45, 7) is 8.15. The first-order chi connectivity index (χ1) is 11.4. The SMILES string of the molecule is OCCC[C@@H]1NCCNCCNCCNCCN[C@H]1CCCO. The second kappa shape index (κ2) is 15.3. The Morgan fingerprint density at radius 2 is 0.913 bits per heavy atom. The van der Waals surface area contributed by atoms with E-state index < -0.39 is 0 Å². The highest BCUT2D eigenvalue weighted by molar-refractivity contribution is 4.83. The Hall–Kier alpha value is -0.280. The van der Waals surface area contributed by atoms with Crippen LogP contribution in [0.1, 0.15) is 25.7 Å². The van der Waals surface area contributed by atoms with Gasteiger partial charge in [-0.25, -0.2) is 0 Å². The van der Waals surface area contributed by atoms with Crippen molar-refractivity contribution in [2.45, 2.75) is 37.8 Å². The molecule has 0 aromatic rings. The molecular formula is C16H37N5O2. The van der Waals surface area contributed by atoms with E-state index in [4.69, 9.17) is 10.2 Å². The lowest BCUT2D eigenvalue weighted by Gasteiger charge is -2.29. The van der Waals surface area contributed by atoms with Crippen LogP contribution in [0.2, 0.25) is 0 Å². The molecule has 0 amide bonds. The summed E-state index contributed by atoms with van der Waals surface area (Å²) in [4.78, 5) is 0. The summed E-state index contributed by atoms with van der Waals surface area (Å²) < 4.78 is 0. The van der Waals surface area contributed by atoms with Crippen LogP contribution in [-0.4, -0.2) is 87.9 Å². The van der Waals surface area contributed by atoms with Crippen molar-refractivity contribution in [3.05, 3.63) is 0 Å². The summed E-state index contributed by atoms with van der Waals surface area (Å²) in [6.07, 6.45) is 3.53. The van der Waals surface area contributed by atoms with E-state index in [0.29, 0.717) is 12.1 Å². The van der Waals surface area contributed by atoms with Crippen molar-refractivity contribution < 1.29 is 10.2 Å². The van der Waals surface area contributed by atoms with Crippen LogP contribution in [0.25, 0.3) is 0 Å². The van der Waals surface area contributed by atoms with Gasteiger partial charge in [-0.3, -0.25) is 0 Å². The Labute approximate surface area is 141 Å². The van der Waals surface area contributed by atoms with Gasteiger partial charge in [0, 0.05) is 77.7 Å². The summed E-state index contributed by atoms with van der Waals surface area (Å²) in [5, 5.41) is 35.8. The fraction of sp³-hybridized carbons (Fsp3) is 1.00. The monoisotopic (exact) mass is 331 g/mol. The van der Waals surface area contributed by atoms with Crippen LogP contribution in [-0.2, 0) is 0 Å². The van der Waals surface area contributed by atoms with Crippen molar-refractivity contribution in [3.8, 4) is 0 Å². The number of nitrogens with one attached hydrogen (secondary N) is 5. The van der Waals surface area contributed by atoms with Gasteiger partial charge in [-0.2, -0.15) is 0 Å². The molecule has 1 aliphatic heterocycles. The van der Waals surface area contributed by atoms with E-state index in [0.717, 1.165) is 78.0 Å². The molecular weight excluding hydrogens is 294 g/mol. The lowest BCUT2D eigenvalue weighted by molar-refractivity contribution is 0.241. The first-order valence-corrected chi connectivity index (χ1v) is 9.19. The van der Waals surface area contributed by atoms with Gasteiger partial charge in [-0.05, 0) is 25.7 Å². The number of hydrogen-bond acceptors (Lipinski definition) is 7. The molecule has 7 nitrogen and oxygen atoms in total. The first-order valence-electron chi connectivity index (χ1n) is 9.19. The molecule has 138 valence electrons. The standard InChI is InChI=1S/C16H37N5O2/c22-13-1-3-15-16(4-2-14-23)21-12-10-19-8-6-17-5-7-18-9-11-20-15/h15-23H,1-14H2/t15-,16-/m0/s1. The summed E-state index contributed by atoms with van der Waals surface area (Å²) >= 11 is 0. The third-order valence-electron chi connectivity index (χ3n) is 4.21. The van der Waals surface area contributed by atoms with Crippen LogP contribution < -0.4 is 26.6 Å². The Bertz CT molecular complexity index is 235. The Kier molecular flexibility index (Phi) is 13.8. The molecule has 1 aliphatic rings. The van der Waals surface area contributed by atoms with E-state index in [9.17, 15) is 0 Å². The highest BCUT2D eigenvalue weighted by Gasteiger charge is 2.19. The predicted molar refractivity (Wildman–Crippen MR) is 94.8 cm³/mol. The molecule has 0 aliphatic carbocycles. The van der Waals surface area contributed by atoms with Crippen molar-refractivity contribution >= 4 is 0 Å². The molecule has 1 rings (SSSR count). The average Bonchev–Trinajstić information content (AvgIpc) is 2.58. The van der Waals surface area contributed by atoms with Gasteiger partial charge in [0.05, 0.1) is 0 Å². The minimum atomic E-state index is 0.233. The molecule has 0 aromatic heterocycles. The van der Waals surface area contributed by atoms with Gasteiger partial charge in [0.15, 0.2) is 0 Å². The fourth-order valence-electron chi connectivity index (χ4n) is 2.93. The molecule has 0 spiro atoms. The molecule has 0 aromatic carbocycles. The third kappa shape index (κ3) is 11.0. The number of aliphatic hydroxyl groups is 2. The zero-order valence-corrected chi connectivity index (χ0v) is 14.4. The van der Waals surface area contributed by atoms with Crippen molar-refractivity contribution in [2.24, 2.45) is 0 Å². The second-order valence-corrected chi connectivity index (χ2v) is 6.10. The molecule has 0 saturated carbocycles. The molecule has 1 saturated heterocycles. The van der Waals surface area contributed by atoms with E-state index in [1.54, 1.807) is 0 Å². The molecule has 2 atom stereocenters. The number of rotatable bonds is 6. The van der Waals surface area contributed by atoms with Gasteiger partial charge in [-0.15, -0.1) is 0 Å². The maximum atomic E-state index is 9.15. The first kappa shape index (κ1) is 20.8. The maximum Gasteiger partial charge on any atom is 0.0431 e. The zero-order valence-electron chi connectivity index (χ0n) is 14.4. The molecule has 1 fully saturated rings. The topological polar surface area (TPSA) is 101 Å². The number of aliphatic hydroxyl groups excluding tert-OH is 2. The largest absolute Gasteiger partial charge is 0.396 e. The fourth-order valence-corrected chi connectivity index (χ4v) is 2.93. The van der Waals surface area contributed by atoms with Crippen LogP contribution >= 0.6 is 0 Å². The van der Waals surface area contributed by atoms with Gasteiger partial charge >= 0.3 is 0 Å². The van der Waals surface area contributed by atoms with Crippen LogP contribution in [0.4, 0.5) is 0 Å². The van der Waals surface area contributed by atoms with E-state index in [1.165, 1.54) is 0 Å². The molecule has 7 heteroatoms. The van der Waals surface area contributed by atoms with E-state index in [-0.39, 0.29) is 13.2 Å². The van der Waals surface area contributed by atoms with Gasteiger partial charge in [0.25, 0.3) is 0 Å². The molecule has 0 radical (unpaired) electrons. The second-order valence-electron chi connectivity index (χ2n) is 6.10. The summed E-state index contributed by atoms with van der Waals surface area (Å²) in [5.74, 6) is 0. The predicted octanol–water partition coefficient (Wildman–Crippen LogP) is -1.77. The van der Waals surface area contributed by atoms with E-state index in [1.807, 2.05) is 0 Å². The average molecular weight is 332 g/mol. The zero-order chi connectivity index (χ0) is 16.6. The van der Waals surface area contributed by atoms with Gasteiger partial charge in [0.1, 0.15) is 0 Å². The highest BCUT2D eigenvalue weighted by Crippen LogP contribution is 2.08. The van der Waals surface area contributed by atoms with Crippen molar-refractivity contribution in [1.82, 2.24) is 26.6 Å². The van der Waals surface area contributed by atoms with Crippen LogP contribution in [0, 0.1) is 0 Å². The lowest BCUT2D eigenvalue weighted by Crippen LogP contribution is -2.51. The third-order valence-corrected chi connectivity index (χ3v) is 4.21. The Balaban J connectivity index is 2.51. The van der Waals surface area contributed by atoms with Crippen LogP contribution in [0.15, 0.2) is 0 Å². The van der Waals surface area contributed by atoms with Crippen LogP contribution in [0.3, 0.4) is 0 Å². The normalized spacial score (nSPS) is 26.3. The molecule has 23 heavy (non-hydrogen) atoms.